The Morgan fingerprint density at radius 2 is 1.81 bits per heavy atom. The zero-order chi connectivity index (χ0) is 22.0. The van der Waals surface area contributed by atoms with Crippen molar-refractivity contribution in [2.24, 2.45) is 11.8 Å². The van der Waals surface area contributed by atoms with Crippen molar-refractivity contribution < 1.29 is 14.4 Å². The lowest BCUT2D eigenvalue weighted by Crippen LogP contribution is -2.34. The van der Waals surface area contributed by atoms with Gasteiger partial charge in [0, 0.05) is 28.8 Å². The summed E-state index contributed by atoms with van der Waals surface area (Å²) in [7, 11) is 0. The lowest BCUT2D eigenvalue weighted by Gasteiger charge is -2.44. The Kier molecular flexibility index (Phi) is 4.39. The zero-order valence-corrected chi connectivity index (χ0v) is 18.5. The first-order valence-corrected chi connectivity index (χ1v) is 11.6. The van der Waals surface area contributed by atoms with Gasteiger partial charge in [-0.2, -0.15) is 0 Å². The molecule has 6 rings (SSSR count). The third kappa shape index (κ3) is 2.81. The maximum atomic E-state index is 11.8. The van der Waals surface area contributed by atoms with Gasteiger partial charge in [-0.1, -0.05) is 18.0 Å². The fourth-order valence-electron chi connectivity index (χ4n) is 5.76. The van der Waals surface area contributed by atoms with Crippen molar-refractivity contribution in [3.63, 3.8) is 0 Å². The van der Waals surface area contributed by atoms with E-state index in [1.807, 2.05) is 32.2 Å². The number of aromatic nitrogens is 3. The smallest absolute Gasteiger partial charge is 0.335 e. The van der Waals surface area contributed by atoms with Crippen molar-refractivity contribution in [3.05, 3.63) is 47.5 Å². The molecule has 0 radical (unpaired) electrons. The SMILES string of the molecule is Cc1noc(C)c1-c1cnc2c3ccc(C(=O)O)cc3n(C(C3CCC3)C3CCC3)c2c1. The summed E-state index contributed by atoms with van der Waals surface area (Å²) in [4.78, 5) is 16.7. The number of hydrogen-bond acceptors (Lipinski definition) is 4. The highest BCUT2D eigenvalue weighted by Crippen LogP contribution is 2.50. The largest absolute Gasteiger partial charge is 0.478 e. The van der Waals surface area contributed by atoms with Crippen LogP contribution < -0.4 is 0 Å². The minimum absolute atomic E-state index is 0.327. The Labute approximate surface area is 186 Å². The number of rotatable bonds is 5. The fourth-order valence-corrected chi connectivity index (χ4v) is 5.76. The van der Waals surface area contributed by atoms with Crippen LogP contribution in [0.1, 0.15) is 66.4 Å². The van der Waals surface area contributed by atoms with Gasteiger partial charge in [0.15, 0.2) is 0 Å². The molecule has 2 saturated carbocycles. The number of fused-ring (bicyclic) bond motifs is 3. The number of aromatic carboxylic acids is 1. The zero-order valence-electron chi connectivity index (χ0n) is 18.5. The van der Waals surface area contributed by atoms with E-state index >= 15 is 0 Å². The van der Waals surface area contributed by atoms with E-state index in [1.165, 1.54) is 38.5 Å². The van der Waals surface area contributed by atoms with Crippen molar-refractivity contribution in [3.8, 4) is 11.1 Å². The summed E-state index contributed by atoms with van der Waals surface area (Å²) in [5.41, 5.74) is 6.19. The first-order chi connectivity index (χ1) is 15.5. The molecule has 6 heteroatoms. The molecule has 3 aromatic heterocycles. The van der Waals surface area contributed by atoms with Crippen molar-refractivity contribution in [2.75, 3.05) is 0 Å². The number of aryl methyl sites for hydroxylation is 2. The van der Waals surface area contributed by atoms with E-state index in [0.717, 1.165) is 44.5 Å². The molecule has 2 aliphatic rings. The lowest BCUT2D eigenvalue weighted by molar-refractivity contribution is 0.0697. The Morgan fingerprint density at radius 3 is 2.38 bits per heavy atom. The molecule has 0 bridgehead atoms. The number of hydrogen-bond donors (Lipinski definition) is 1. The second-order valence-electron chi connectivity index (χ2n) is 9.57. The van der Waals surface area contributed by atoms with E-state index in [-0.39, 0.29) is 0 Å². The van der Waals surface area contributed by atoms with Gasteiger partial charge >= 0.3 is 5.97 Å². The highest BCUT2D eigenvalue weighted by atomic mass is 16.5. The van der Waals surface area contributed by atoms with Crippen LogP contribution in [0.2, 0.25) is 0 Å². The molecule has 32 heavy (non-hydrogen) atoms. The number of carboxylic acid groups (broad SMARTS) is 1. The Balaban J connectivity index is 1.66. The quantitative estimate of drug-likeness (QED) is 0.402. The predicted octanol–water partition coefficient (Wildman–Crippen LogP) is 6.30. The van der Waals surface area contributed by atoms with Crippen LogP contribution in [0.4, 0.5) is 0 Å². The molecule has 0 aliphatic heterocycles. The van der Waals surface area contributed by atoms with Gasteiger partial charge in [0.05, 0.1) is 27.8 Å². The van der Waals surface area contributed by atoms with E-state index in [4.69, 9.17) is 9.51 Å². The third-order valence-electron chi connectivity index (χ3n) is 7.77. The highest BCUT2D eigenvalue weighted by molar-refractivity contribution is 6.08. The molecule has 0 unspecified atom stereocenters. The number of pyridine rings is 1. The van der Waals surface area contributed by atoms with Crippen LogP contribution >= 0.6 is 0 Å². The van der Waals surface area contributed by atoms with Crippen LogP contribution in [0.5, 0.6) is 0 Å². The number of benzene rings is 1. The van der Waals surface area contributed by atoms with E-state index in [1.54, 1.807) is 6.07 Å². The average molecular weight is 430 g/mol. The molecule has 2 aliphatic carbocycles. The third-order valence-corrected chi connectivity index (χ3v) is 7.77. The molecule has 164 valence electrons. The Bertz CT molecular complexity index is 1320. The molecule has 0 amide bonds. The van der Waals surface area contributed by atoms with Gasteiger partial charge in [0.2, 0.25) is 0 Å². The molecule has 0 atom stereocenters. The molecule has 1 N–H and O–H groups in total. The molecule has 6 nitrogen and oxygen atoms in total. The maximum Gasteiger partial charge on any atom is 0.335 e. The Hall–Kier alpha value is -3.15. The van der Waals surface area contributed by atoms with Crippen LogP contribution in [0.15, 0.2) is 35.0 Å². The molecular weight excluding hydrogens is 402 g/mol. The van der Waals surface area contributed by atoms with Crippen molar-refractivity contribution >= 4 is 27.9 Å². The van der Waals surface area contributed by atoms with Gasteiger partial charge in [-0.05, 0) is 75.6 Å². The number of nitrogens with zero attached hydrogens (tertiary/aromatic N) is 3. The first-order valence-electron chi connectivity index (χ1n) is 11.6. The van der Waals surface area contributed by atoms with Gasteiger partial charge < -0.3 is 14.2 Å². The summed E-state index contributed by atoms with van der Waals surface area (Å²) >= 11 is 0. The van der Waals surface area contributed by atoms with Crippen molar-refractivity contribution in [1.29, 1.82) is 0 Å². The topological polar surface area (TPSA) is 81.2 Å². The summed E-state index contributed by atoms with van der Waals surface area (Å²) in [5.74, 6) is 1.19. The number of carbonyl (C=O) groups is 1. The predicted molar refractivity (Wildman–Crippen MR) is 123 cm³/mol. The molecular formula is C26H27N3O3. The van der Waals surface area contributed by atoms with E-state index in [9.17, 15) is 9.90 Å². The minimum atomic E-state index is -0.892. The van der Waals surface area contributed by atoms with Gasteiger partial charge in [0.25, 0.3) is 0 Å². The fraction of sp³-hybridized carbons (Fsp3) is 0.423. The van der Waals surface area contributed by atoms with E-state index in [0.29, 0.717) is 23.4 Å². The second-order valence-corrected chi connectivity index (χ2v) is 9.57. The molecule has 3 heterocycles. The van der Waals surface area contributed by atoms with Gasteiger partial charge in [-0.25, -0.2) is 4.79 Å². The molecule has 0 saturated heterocycles. The maximum absolute atomic E-state index is 11.8. The summed E-state index contributed by atoms with van der Waals surface area (Å²) in [5, 5.41) is 14.8. The van der Waals surface area contributed by atoms with Crippen LogP contribution in [-0.2, 0) is 0 Å². The minimum Gasteiger partial charge on any atom is -0.478 e. The number of carboxylic acids is 1. The summed E-state index contributed by atoms with van der Waals surface area (Å²) in [6, 6.07) is 8.07. The van der Waals surface area contributed by atoms with Crippen LogP contribution in [0.3, 0.4) is 0 Å². The summed E-state index contributed by atoms with van der Waals surface area (Å²) in [6.07, 6.45) is 9.46. The molecule has 1 aromatic carbocycles. The summed E-state index contributed by atoms with van der Waals surface area (Å²) in [6.45, 7) is 3.88. The second kappa shape index (κ2) is 7.19. The van der Waals surface area contributed by atoms with Gasteiger partial charge in [-0.15, -0.1) is 0 Å². The van der Waals surface area contributed by atoms with E-state index < -0.39 is 5.97 Å². The molecule has 0 spiro atoms. The summed E-state index contributed by atoms with van der Waals surface area (Å²) < 4.78 is 7.86. The van der Waals surface area contributed by atoms with E-state index in [2.05, 4.69) is 15.8 Å². The monoisotopic (exact) mass is 429 g/mol. The molecule has 2 fully saturated rings. The van der Waals surface area contributed by atoms with Crippen LogP contribution in [0.25, 0.3) is 33.1 Å². The van der Waals surface area contributed by atoms with Gasteiger partial charge in [0.1, 0.15) is 5.76 Å². The lowest BCUT2D eigenvalue weighted by atomic mass is 9.68. The first kappa shape index (κ1) is 19.5. The Morgan fingerprint density at radius 1 is 1.09 bits per heavy atom. The average Bonchev–Trinajstić information content (AvgIpc) is 3.20. The van der Waals surface area contributed by atoms with Crippen LogP contribution in [-0.4, -0.2) is 25.8 Å². The van der Waals surface area contributed by atoms with Crippen molar-refractivity contribution in [1.82, 2.24) is 14.7 Å². The standard InChI is InChI=1S/C26H27N3O3/c1-14-23(15(2)32-28-14)19-12-22-24(27-13-19)20-10-9-18(26(30)31)11-21(20)29(22)25(16-5-3-6-16)17-7-4-8-17/h9-13,16-17,25H,3-8H2,1-2H3,(H,30,31). The normalized spacial score (nSPS) is 17.2. The van der Waals surface area contributed by atoms with Crippen LogP contribution in [0, 0.1) is 25.7 Å². The van der Waals surface area contributed by atoms with Crippen molar-refractivity contribution in [2.45, 2.75) is 58.4 Å². The van der Waals surface area contributed by atoms with Gasteiger partial charge in [-0.3, -0.25) is 4.98 Å². The molecule has 4 aromatic rings. The highest BCUT2D eigenvalue weighted by Gasteiger charge is 2.39.